The van der Waals surface area contributed by atoms with Gasteiger partial charge in [-0.15, -0.1) is 0 Å². The van der Waals surface area contributed by atoms with E-state index < -0.39 is 28.5 Å². The molecule has 0 bridgehead atoms. The second kappa shape index (κ2) is 13.8. The molecule has 3 rings (SSSR count). The summed E-state index contributed by atoms with van der Waals surface area (Å²) in [7, 11) is -1.25. The molecule has 1 N–H and O–H groups in total. The predicted molar refractivity (Wildman–Crippen MR) is 155 cm³/mol. The Morgan fingerprint density at radius 2 is 1.45 bits per heavy atom. The van der Waals surface area contributed by atoms with Crippen LogP contribution >= 0.6 is 0 Å². The third-order valence-corrected chi connectivity index (χ3v) is 8.10. The molecule has 214 valence electrons. The van der Waals surface area contributed by atoms with Gasteiger partial charge in [0, 0.05) is 19.2 Å². The van der Waals surface area contributed by atoms with Gasteiger partial charge in [-0.05, 0) is 42.7 Å². The molecule has 0 aliphatic heterocycles. The lowest BCUT2D eigenvalue weighted by Crippen LogP contribution is -2.51. The fourth-order valence-corrected chi connectivity index (χ4v) is 5.47. The van der Waals surface area contributed by atoms with Gasteiger partial charge >= 0.3 is 0 Å². The first-order chi connectivity index (χ1) is 19.1. The standard InChI is InChI=1S/C30H37N3O6S/c1-22(2)19-31-30(35)23(3)32(20-24-12-8-6-9-13-24)29(34)21-33(40(36,37)26-14-10-7-11-15-26)25-16-17-27(38-4)28(18-25)39-5/h6-18,22-23H,19-21H2,1-5H3,(H,31,35)/t23-/m0/s1. The predicted octanol–water partition coefficient (Wildman–Crippen LogP) is 4.09. The smallest absolute Gasteiger partial charge is 0.264 e. The highest BCUT2D eigenvalue weighted by Crippen LogP contribution is 2.34. The first kappa shape index (κ1) is 30.5. The molecule has 0 unspecified atom stereocenters. The second-order valence-corrected chi connectivity index (χ2v) is 11.5. The summed E-state index contributed by atoms with van der Waals surface area (Å²) >= 11 is 0. The first-order valence-electron chi connectivity index (χ1n) is 13.0. The summed E-state index contributed by atoms with van der Waals surface area (Å²) < 4.78 is 39.5. The molecule has 3 aromatic rings. The third-order valence-electron chi connectivity index (χ3n) is 6.31. The van der Waals surface area contributed by atoms with E-state index >= 15 is 0 Å². The molecule has 0 spiro atoms. The highest BCUT2D eigenvalue weighted by atomic mass is 32.2. The summed E-state index contributed by atoms with van der Waals surface area (Å²) in [5.74, 6) is 0.0944. The van der Waals surface area contributed by atoms with Gasteiger partial charge in [0.2, 0.25) is 11.8 Å². The zero-order chi connectivity index (χ0) is 29.3. The van der Waals surface area contributed by atoms with E-state index in [0.717, 1.165) is 9.87 Å². The monoisotopic (exact) mass is 567 g/mol. The summed E-state index contributed by atoms with van der Waals surface area (Å²) in [4.78, 5) is 28.4. The number of nitrogens with one attached hydrogen (secondary N) is 1. The SMILES string of the molecule is COc1ccc(N(CC(=O)N(Cc2ccccc2)[C@@H](C)C(=O)NCC(C)C)S(=O)(=O)c2ccccc2)cc1OC. The number of nitrogens with zero attached hydrogens (tertiary/aromatic N) is 2. The molecule has 0 aliphatic carbocycles. The number of hydrogen-bond donors (Lipinski definition) is 1. The molecule has 9 nitrogen and oxygen atoms in total. The van der Waals surface area contributed by atoms with E-state index in [1.165, 1.54) is 37.3 Å². The number of carbonyl (C=O) groups excluding carboxylic acids is 2. The lowest BCUT2D eigenvalue weighted by atomic mass is 10.1. The van der Waals surface area contributed by atoms with Crippen molar-refractivity contribution >= 4 is 27.5 Å². The Kier molecular flexibility index (Phi) is 10.6. The van der Waals surface area contributed by atoms with Gasteiger partial charge in [0.1, 0.15) is 12.6 Å². The first-order valence-corrected chi connectivity index (χ1v) is 14.4. The van der Waals surface area contributed by atoms with Gasteiger partial charge in [0.25, 0.3) is 10.0 Å². The number of carbonyl (C=O) groups is 2. The average Bonchev–Trinajstić information content (AvgIpc) is 2.97. The number of methoxy groups -OCH3 is 2. The van der Waals surface area contributed by atoms with Crippen molar-refractivity contribution in [3.63, 3.8) is 0 Å². The van der Waals surface area contributed by atoms with E-state index in [-0.39, 0.29) is 29.0 Å². The number of benzene rings is 3. The molecule has 10 heteroatoms. The Morgan fingerprint density at radius 3 is 2.02 bits per heavy atom. The molecular weight excluding hydrogens is 530 g/mol. The van der Waals surface area contributed by atoms with E-state index in [1.807, 2.05) is 44.2 Å². The van der Waals surface area contributed by atoms with E-state index in [1.54, 1.807) is 37.3 Å². The van der Waals surface area contributed by atoms with E-state index in [0.29, 0.717) is 18.0 Å². The lowest BCUT2D eigenvalue weighted by Gasteiger charge is -2.32. The number of rotatable bonds is 13. The molecule has 0 radical (unpaired) electrons. The number of ether oxygens (including phenoxy) is 2. The summed E-state index contributed by atoms with van der Waals surface area (Å²) in [6.07, 6.45) is 0. The molecule has 0 heterocycles. The van der Waals surface area contributed by atoms with Gasteiger partial charge in [-0.2, -0.15) is 0 Å². The van der Waals surface area contributed by atoms with E-state index in [4.69, 9.17) is 9.47 Å². The molecule has 3 aromatic carbocycles. The van der Waals surface area contributed by atoms with Crippen molar-refractivity contribution in [3.8, 4) is 11.5 Å². The van der Waals surface area contributed by atoms with Gasteiger partial charge < -0.3 is 19.7 Å². The minimum atomic E-state index is -4.18. The summed E-state index contributed by atoms with van der Waals surface area (Å²) in [5.41, 5.74) is 1.02. The van der Waals surface area contributed by atoms with Crippen molar-refractivity contribution in [2.75, 3.05) is 31.6 Å². The molecule has 0 aromatic heterocycles. The summed E-state index contributed by atoms with van der Waals surface area (Å²) in [5, 5.41) is 2.88. The third kappa shape index (κ3) is 7.53. The van der Waals surface area contributed by atoms with Crippen LogP contribution in [0.5, 0.6) is 11.5 Å². The lowest BCUT2D eigenvalue weighted by molar-refractivity contribution is -0.139. The van der Waals surface area contributed by atoms with Crippen LogP contribution in [0, 0.1) is 5.92 Å². The van der Waals surface area contributed by atoms with Crippen molar-refractivity contribution in [1.82, 2.24) is 10.2 Å². The maximum absolute atomic E-state index is 14.0. The van der Waals surface area contributed by atoms with Crippen LogP contribution in [-0.2, 0) is 26.2 Å². The molecule has 1 atom stereocenters. The van der Waals surface area contributed by atoms with Crippen LogP contribution in [0.25, 0.3) is 0 Å². The van der Waals surface area contributed by atoms with Crippen molar-refractivity contribution in [2.45, 2.75) is 38.3 Å². The van der Waals surface area contributed by atoms with Gasteiger partial charge in [0.15, 0.2) is 11.5 Å². The molecule has 0 aliphatic rings. The zero-order valence-electron chi connectivity index (χ0n) is 23.5. The van der Waals surface area contributed by atoms with Gasteiger partial charge in [-0.3, -0.25) is 13.9 Å². The Labute approximate surface area is 236 Å². The maximum Gasteiger partial charge on any atom is 0.264 e. The Bertz CT molecular complexity index is 1380. The number of anilines is 1. The highest BCUT2D eigenvalue weighted by Gasteiger charge is 2.33. The minimum Gasteiger partial charge on any atom is -0.493 e. The van der Waals surface area contributed by atoms with E-state index in [9.17, 15) is 18.0 Å². The molecule has 0 saturated heterocycles. The Morgan fingerprint density at radius 1 is 0.850 bits per heavy atom. The van der Waals surface area contributed by atoms with Crippen molar-refractivity contribution in [1.29, 1.82) is 0 Å². The maximum atomic E-state index is 14.0. The zero-order valence-corrected chi connectivity index (χ0v) is 24.4. The molecule has 40 heavy (non-hydrogen) atoms. The average molecular weight is 568 g/mol. The molecule has 0 fully saturated rings. The van der Waals surface area contributed by atoms with Crippen LogP contribution < -0.4 is 19.1 Å². The van der Waals surface area contributed by atoms with E-state index in [2.05, 4.69) is 5.32 Å². The van der Waals surface area contributed by atoms with Crippen LogP contribution in [0.2, 0.25) is 0 Å². The van der Waals surface area contributed by atoms with Gasteiger partial charge in [-0.1, -0.05) is 62.4 Å². The van der Waals surface area contributed by atoms with Gasteiger partial charge in [-0.25, -0.2) is 8.42 Å². The minimum absolute atomic E-state index is 0.0231. The second-order valence-electron chi connectivity index (χ2n) is 9.69. The Hall–Kier alpha value is -4.05. The topological polar surface area (TPSA) is 105 Å². The Balaban J connectivity index is 2.04. The molecule has 2 amide bonds. The van der Waals surface area contributed by atoms with Crippen molar-refractivity contribution in [3.05, 3.63) is 84.4 Å². The van der Waals surface area contributed by atoms with Gasteiger partial charge in [0.05, 0.1) is 24.8 Å². The fourth-order valence-electron chi connectivity index (χ4n) is 4.04. The fraction of sp³-hybridized carbons (Fsp3) is 0.333. The van der Waals surface area contributed by atoms with Crippen LogP contribution in [-0.4, -0.2) is 58.5 Å². The summed E-state index contributed by atoms with van der Waals surface area (Å²) in [6.45, 7) is 5.64. The quantitative estimate of drug-likeness (QED) is 0.334. The highest BCUT2D eigenvalue weighted by molar-refractivity contribution is 7.92. The molecule has 0 saturated carbocycles. The normalized spacial score (nSPS) is 11.9. The summed E-state index contributed by atoms with van der Waals surface area (Å²) in [6, 6.07) is 20.9. The number of amides is 2. The largest absolute Gasteiger partial charge is 0.493 e. The molecular formula is C30H37N3O6S. The van der Waals surface area contributed by atoms with Crippen molar-refractivity contribution < 1.29 is 27.5 Å². The van der Waals surface area contributed by atoms with Crippen LogP contribution in [0.3, 0.4) is 0 Å². The van der Waals surface area contributed by atoms with Crippen LogP contribution in [0.4, 0.5) is 5.69 Å². The van der Waals surface area contributed by atoms with Crippen molar-refractivity contribution in [2.24, 2.45) is 5.92 Å². The number of sulfonamides is 1. The van der Waals surface area contributed by atoms with Crippen LogP contribution in [0.15, 0.2) is 83.8 Å². The van der Waals surface area contributed by atoms with Crippen LogP contribution in [0.1, 0.15) is 26.3 Å². The number of hydrogen-bond acceptors (Lipinski definition) is 6.